The molecule has 1 heterocycles. The lowest BCUT2D eigenvalue weighted by atomic mass is 9.96. The first-order valence-electron chi connectivity index (χ1n) is 7.39. The minimum Gasteiger partial charge on any atom is -0.326 e. The van der Waals surface area contributed by atoms with Gasteiger partial charge in [-0.25, -0.2) is 0 Å². The number of likely N-dealkylation sites (N-methyl/N-ethyl adjacent to an activating group) is 1. The van der Waals surface area contributed by atoms with Gasteiger partial charge in [0, 0.05) is 0 Å². The Kier molecular flexibility index (Phi) is 5.28. The topological polar surface area (TPSA) is 49.7 Å². The van der Waals surface area contributed by atoms with E-state index in [0.717, 1.165) is 38.3 Å². The van der Waals surface area contributed by atoms with E-state index in [9.17, 15) is 10.1 Å². The molecule has 2 rings (SSSR count). The lowest BCUT2D eigenvalue weighted by Gasteiger charge is -2.28. The third-order valence-electron chi connectivity index (χ3n) is 4.17. The van der Waals surface area contributed by atoms with E-state index in [1.165, 1.54) is 4.90 Å². The molecule has 0 spiro atoms. The highest BCUT2D eigenvalue weighted by Gasteiger charge is 2.28. The molecule has 0 amide bonds. The van der Waals surface area contributed by atoms with Crippen LogP contribution in [-0.2, 0) is 4.79 Å². The summed E-state index contributed by atoms with van der Waals surface area (Å²) in [5.41, 5.74) is 0.817. The van der Waals surface area contributed by atoms with Gasteiger partial charge in [0.25, 0.3) is 0 Å². The molecule has 1 fully saturated rings. The van der Waals surface area contributed by atoms with Crippen LogP contribution >= 0.6 is 0 Å². The summed E-state index contributed by atoms with van der Waals surface area (Å²) >= 11 is 0. The number of carbonyl (C=O) groups excluding carboxylic acids is 1. The zero-order chi connectivity index (χ0) is 14.4. The second kappa shape index (κ2) is 7.18. The summed E-state index contributed by atoms with van der Waals surface area (Å²) in [5.74, 6) is -0.561. The van der Waals surface area contributed by atoms with E-state index in [1.54, 1.807) is 4.90 Å². The number of nitrogens with zero attached hydrogens (tertiary/aromatic N) is 1. The van der Waals surface area contributed by atoms with Crippen molar-refractivity contribution >= 4 is 5.78 Å². The largest absolute Gasteiger partial charge is 0.326 e. The molecule has 0 aromatic heterocycles. The first kappa shape index (κ1) is 14.7. The highest BCUT2D eigenvalue weighted by molar-refractivity contribution is 5.89. The number of hydrogen-bond acceptors (Lipinski definition) is 2. The number of benzene rings is 1. The minimum absolute atomic E-state index is 0.0497. The van der Waals surface area contributed by atoms with Gasteiger partial charge in [-0.15, -0.1) is 0 Å². The SMILES string of the molecule is CC[NH+]1CC[NH+](CC(=O)[C@H](C#N)c2ccccc2)CC1. The Morgan fingerprint density at radius 2 is 1.80 bits per heavy atom. The van der Waals surface area contributed by atoms with Crippen molar-refractivity contribution < 1.29 is 14.6 Å². The van der Waals surface area contributed by atoms with E-state index in [0.29, 0.717) is 6.54 Å². The summed E-state index contributed by atoms with van der Waals surface area (Å²) in [7, 11) is 0. The average molecular weight is 273 g/mol. The van der Waals surface area contributed by atoms with Crippen LogP contribution in [0, 0.1) is 11.3 Å². The number of ketones is 1. The molecule has 1 atom stereocenters. The van der Waals surface area contributed by atoms with Gasteiger partial charge >= 0.3 is 0 Å². The summed E-state index contributed by atoms with van der Waals surface area (Å²) in [6.45, 7) is 8.15. The van der Waals surface area contributed by atoms with Crippen LogP contribution in [0.1, 0.15) is 18.4 Å². The Bertz CT molecular complexity index is 472. The number of hydrogen-bond donors (Lipinski definition) is 2. The van der Waals surface area contributed by atoms with Crippen LogP contribution in [0.4, 0.5) is 0 Å². The van der Waals surface area contributed by atoms with Crippen molar-refractivity contribution in [3.63, 3.8) is 0 Å². The van der Waals surface area contributed by atoms with Gasteiger partial charge in [-0.2, -0.15) is 5.26 Å². The standard InChI is InChI=1S/C16H21N3O/c1-2-18-8-10-19(11-9-18)13-16(20)15(12-17)14-6-4-3-5-7-14/h3-7,15H,2,8-11,13H2,1H3/p+2/t15-/m1/s1. The maximum Gasteiger partial charge on any atom is 0.208 e. The molecule has 106 valence electrons. The third kappa shape index (κ3) is 3.66. The predicted octanol–water partition coefficient (Wildman–Crippen LogP) is -1.33. The fourth-order valence-electron chi connectivity index (χ4n) is 2.81. The van der Waals surface area contributed by atoms with Crippen molar-refractivity contribution in [1.29, 1.82) is 5.26 Å². The lowest BCUT2D eigenvalue weighted by molar-refractivity contribution is -1.01. The van der Waals surface area contributed by atoms with Crippen molar-refractivity contribution in [3.05, 3.63) is 35.9 Å². The number of nitrogens with one attached hydrogen (secondary N) is 2. The summed E-state index contributed by atoms with van der Waals surface area (Å²) in [6.07, 6.45) is 0. The van der Waals surface area contributed by atoms with Crippen LogP contribution in [0.2, 0.25) is 0 Å². The smallest absolute Gasteiger partial charge is 0.208 e. The Morgan fingerprint density at radius 3 is 2.35 bits per heavy atom. The molecular formula is C16H23N3O+2. The van der Waals surface area contributed by atoms with Gasteiger partial charge in [-0.3, -0.25) is 4.79 Å². The van der Waals surface area contributed by atoms with Gasteiger partial charge < -0.3 is 9.80 Å². The zero-order valence-electron chi connectivity index (χ0n) is 12.1. The van der Waals surface area contributed by atoms with Gasteiger partial charge in [0.05, 0.1) is 12.6 Å². The summed E-state index contributed by atoms with van der Waals surface area (Å²) in [4.78, 5) is 15.3. The van der Waals surface area contributed by atoms with E-state index < -0.39 is 5.92 Å². The summed E-state index contributed by atoms with van der Waals surface area (Å²) < 4.78 is 0. The van der Waals surface area contributed by atoms with E-state index in [2.05, 4.69) is 13.0 Å². The zero-order valence-corrected chi connectivity index (χ0v) is 12.1. The average Bonchev–Trinajstić information content (AvgIpc) is 2.50. The molecule has 2 N–H and O–H groups in total. The minimum atomic E-state index is -0.611. The molecule has 1 saturated heterocycles. The van der Waals surface area contributed by atoms with E-state index in [4.69, 9.17) is 0 Å². The fourth-order valence-corrected chi connectivity index (χ4v) is 2.81. The summed E-state index contributed by atoms with van der Waals surface area (Å²) in [5, 5.41) is 9.28. The van der Waals surface area contributed by atoms with Gasteiger partial charge in [0.2, 0.25) is 5.78 Å². The number of quaternary nitrogens is 2. The van der Waals surface area contributed by atoms with E-state index in [-0.39, 0.29) is 5.78 Å². The Balaban J connectivity index is 1.93. The highest BCUT2D eigenvalue weighted by Crippen LogP contribution is 2.14. The monoisotopic (exact) mass is 273 g/mol. The number of Topliss-reactive ketones (excluding diaryl/α,β-unsaturated/α-hetero) is 1. The predicted molar refractivity (Wildman–Crippen MR) is 76.6 cm³/mol. The van der Waals surface area contributed by atoms with Crippen LogP contribution in [0.5, 0.6) is 0 Å². The van der Waals surface area contributed by atoms with Crippen molar-refractivity contribution in [1.82, 2.24) is 0 Å². The number of nitriles is 1. The normalized spacial score (nSPS) is 23.8. The number of rotatable bonds is 5. The van der Waals surface area contributed by atoms with E-state index in [1.807, 2.05) is 30.3 Å². The highest BCUT2D eigenvalue weighted by atomic mass is 16.1. The number of carbonyl (C=O) groups is 1. The summed E-state index contributed by atoms with van der Waals surface area (Å²) in [6, 6.07) is 11.5. The molecule has 0 aliphatic carbocycles. The molecule has 0 radical (unpaired) electrons. The van der Waals surface area contributed by atoms with Crippen molar-refractivity contribution in [2.45, 2.75) is 12.8 Å². The maximum atomic E-state index is 12.3. The first-order chi connectivity index (χ1) is 9.74. The van der Waals surface area contributed by atoms with Gasteiger partial charge in [-0.1, -0.05) is 30.3 Å². The van der Waals surface area contributed by atoms with Crippen LogP contribution in [0.25, 0.3) is 0 Å². The van der Waals surface area contributed by atoms with E-state index >= 15 is 0 Å². The molecule has 0 unspecified atom stereocenters. The Morgan fingerprint density at radius 1 is 1.20 bits per heavy atom. The molecule has 4 heteroatoms. The molecule has 0 saturated carbocycles. The van der Waals surface area contributed by atoms with Gasteiger partial charge in [-0.05, 0) is 12.5 Å². The quantitative estimate of drug-likeness (QED) is 0.698. The fraction of sp³-hybridized carbons (Fsp3) is 0.500. The second-order valence-corrected chi connectivity index (χ2v) is 5.47. The van der Waals surface area contributed by atoms with Crippen LogP contribution in [0.15, 0.2) is 30.3 Å². The molecule has 0 bridgehead atoms. The Labute approximate surface area is 120 Å². The van der Waals surface area contributed by atoms with Gasteiger partial charge in [0.15, 0.2) is 0 Å². The molecule has 1 aromatic carbocycles. The Hall–Kier alpha value is -1.70. The maximum absolute atomic E-state index is 12.3. The second-order valence-electron chi connectivity index (χ2n) is 5.47. The molecule has 1 aliphatic heterocycles. The molecule has 1 aromatic rings. The molecule has 4 nitrogen and oxygen atoms in total. The molecule has 1 aliphatic rings. The van der Waals surface area contributed by atoms with Crippen molar-refractivity contribution in [2.75, 3.05) is 39.3 Å². The molecular weight excluding hydrogens is 250 g/mol. The number of piperazine rings is 1. The van der Waals surface area contributed by atoms with Crippen LogP contribution in [0.3, 0.4) is 0 Å². The van der Waals surface area contributed by atoms with Gasteiger partial charge in [0.1, 0.15) is 38.6 Å². The van der Waals surface area contributed by atoms with Crippen LogP contribution in [-0.4, -0.2) is 45.1 Å². The van der Waals surface area contributed by atoms with Crippen molar-refractivity contribution in [2.24, 2.45) is 0 Å². The van der Waals surface area contributed by atoms with Crippen LogP contribution < -0.4 is 9.80 Å². The third-order valence-corrected chi connectivity index (χ3v) is 4.17. The van der Waals surface area contributed by atoms with Crippen molar-refractivity contribution in [3.8, 4) is 6.07 Å². The first-order valence-corrected chi connectivity index (χ1v) is 7.39. The lowest BCUT2D eigenvalue weighted by Crippen LogP contribution is -3.28. The molecule has 20 heavy (non-hydrogen) atoms.